The molecule has 1 fully saturated rings. The van der Waals surface area contributed by atoms with Crippen molar-refractivity contribution in [3.8, 4) is 5.75 Å². The number of aromatic amines is 1. The van der Waals surface area contributed by atoms with Gasteiger partial charge in [-0.1, -0.05) is 0 Å². The number of nitrogens with zero attached hydrogens (tertiary/aromatic N) is 4. The van der Waals surface area contributed by atoms with Crippen LogP contribution in [0.4, 0.5) is 5.69 Å². The first-order valence-corrected chi connectivity index (χ1v) is 9.91. The predicted molar refractivity (Wildman–Crippen MR) is 110 cm³/mol. The second kappa shape index (κ2) is 8.91. The highest BCUT2D eigenvalue weighted by Gasteiger charge is 2.25. The number of anilines is 1. The van der Waals surface area contributed by atoms with E-state index in [1.165, 1.54) is 0 Å². The molecule has 2 aromatic heterocycles. The van der Waals surface area contributed by atoms with E-state index in [-0.39, 0.29) is 5.91 Å². The van der Waals surface area contributed by atoms with Crippen LogP contribution in [0, 0.1) is 0 Å². The summed E-state index contributed by atoms with van der Waals surface area (Å²) in [6, 6.07) is 9.02. The van der Waals surface area contributed by atoms with Crippen LogP contribution < -0.4 is 10.1 Å². The zero-order valence-corrected chi connectivity index (χ0v) is 16.5. The SMILES string of the molecule is COc1ccc(C(=O)Nc2cn[nH]c2[C@H]2CCCN(CCn3cccn3)C2)cc1. The standard InChI is InChI=1S/C21H26N6O2/c1-29-18-7-5-16(6-8-18)21(28)24-19-14-22-25-20(19)17-4-2-10-26(15-17)12-13-27-11-3-9-23-27/h3,5-9,11,14,17H,2,4,10,12-13,15H2,1H3,(H,22,25)(H,24,28)/t17-/m0/s1. The van der Waals surface area contributed by atoms with Crippen molar-refractivity contribution in [1.82, 2.24) is 24.9 Å². The van der Waals surface area contributed by atoms with E-state index in [2.05, 4.69) is 25.5 Å². The molecule has 0 saturated carbocycles. The molecular weight excluding hydrogens is 368 g/mol. The van der Waals surface area contributed by atoms with E-state index < -0.39 is 0 Å². The summed E-state index contributed by atoms with van der Waals surface area (Å²) in [5, 5.41) is 14.6. The Bertz CT molecular complexity index is 919. The van der Waals surface area contributed by atoms with Gasteiger partial charge in [0.05, 0.1) is 31.2 Å². The monoisotopic (exact) mass is 394 g/mol. The van der Waals surface area contributed by atoms with Gasteiger partial charge in [-0.25, -0.2) is 0 Å². The number of rotatable bonds is 7. The molecule has 29 heavy (non-hydrogen) atoms. The molecule has 1 atom stereocenters. The molecule has 2 N–H and O–H groups in total. The lowest BCUT2D eigenvalue weighted by molar-refractivity contribution is 0.102. The number of methoxy groups -OCH3 is 1. The average Bonchev–Trinajstić information content (AvgIpc) is 3.44. The highest BCUT2D eigenvalue weighted by molar-refractivity contribution is 6.04. The molecule has 1 saturated heterocycles. The number of hydrogen-bond donors (Lipinski definition) is 2. The van der Waals surface area contributed by atoms with Crippen molar-refractivity contribution in [2.75, 3.05) is 32.1 Å². The predicted octanol–water partition coefficient (Wildman–Crippen LogP) is 2.75. The molecule has 8 heteroatoms. The summed E-state index contributed by atoms with van der Waals surface area (Å²) in [5.74, 6) is 0.889. The molecule has 1 aliphatic rings. The van der Waals surface area contributed by atoms with Crippen molar-refractivity contribution in [1.29, 1.82) is 0 Å². The van der Waals surface area contributed by atoms with Crippen LogP contribution in [0.1, 0.15) is 34.8 Å². The van der Waals surface area contributed by atoms with Gasteiger partial charge in [-0.2, -0.15) is 10.2 Å². The molecule has 1 aliphatic heterocycles. The number of benzene rings is 1. The smallest absolute Gasteiger partial charge is 0.255 e. The van der Waals surface area contributed by atoms with E-state index in [1.807, 2.05) is 16.9 Å². The van der Waals surface area contributed by atoms with Gasteiger partial charge in [0.25, 0.3) is 5.91 Å². The van der Waals surface area contributed by atoms with E-state index in [4.69, 9.17) is 4.74 Å². The zero-order valence-electron chi connectivity index (χ0n) is 16.5. The molecule has 0 radical (unpaired) electrons. The third-order valence-electron chi connectivity index (χ3n) is 5.39. The lowest BCUT2D eigenvalue weighted by atomic mass is 9.94. The second-order valence-corrected chi connectivity index (χ2v) is 7.29. The Hall–Kier alpha value is -3.13. The molecule has 0 spiro atoms. The van der Waals surface area contributed by atoms with Crippen molar-refractivity contribution < 1.29 is 9.53 Å². The van der Waals surface area contributed by atoms with Crippen molar-refractivity contribution in [2.45, 2.75) is 25.3 Å². The summed E-state index contributed by atoms with van der Waals surface area (Å²) in [5.41, 5.74) is 2.34. The topological polar surface area (TPSA) is 88.1 Å². The largest absolute Gasteiger partial charge is 0.497 e. The Morgan fingerprint density at radius 2 is 2.17 bits per heavy atom. The molecule has 0 bridgehead atoms. The summed E-state index contributed by atoms with van der Waals surface area (Å²) in [7, 11) is 1.61. The molecule has 0 unspecified atom stereocenters. The molecule has 152 valence electrons. The van der Waals surface area contributed by atoms with Gasteiger partial charge >= 0.3 is 0 Å². The van der Waals surface area contributed by atoms with Gasteiger partial charge in [0.15, 0.2) is 0 Å². The first-order valence-electron chi connectivity index (χ1n) is 9.91. The minimum Gasteiger partial charge on any atom is -0.497 e. The molecule has 0 aliphatic carbocycles. The van der Waals surface area contributed by atoms with Crippen LogP contribution in [0.25, 0.3) is 0 Å². The number of carbonyl (C=O) groups is 1. The third-order valence-corrected chi connectivity index (χ3v) is 5.39. The minimum atomic E-state index is -0.151. The first kappa shape index (κ1) is 19.2. The number of H-pyrrole nitrogens is 1. The molecule has 3 aromatic rings. The highest BCUT2D eigenvalue weighted by Crippen LogP contribution is 2.30. The van der Waals surface area contributed by atoms with Gasteiger partial charge in [-0.3, -0.25) is 14.6 Å². The van der Waals surface area contributed by atoms with Crippen LogP contribution in [0.15, 0.2) is 48.9 Å². The van der Waals surface area contributed by atoms with Gasteiger partial charge in [0.1, 0.15) is 5.75 Å². The maximum absolute atomic E-state index is 12.6. The Morgan fingerprint density at radius 1 is 1.31 bits per heavy atom. The van der Waals surface area contributed by atoms with Crippen LogP contribution in [-0.2, 0) is 6.54 Å². The normalized spacial score (nSPS) is 17.2. The van der Waals surface area contributed by atoms with Crippen molar-refractivity contribution >= 4 is 11.6 Å². The summed E-state index contributed by atoms with van der Waals surface area (Å²) in [4.78, 5) is 15.1. The maximum atomic E-state index is 12.6. The Kier molecular flexibility index (Phi) is 5.90. The van der Waals surface area contributed by atoms with Gasteiger partial charge in [-0.05, 0) is 49.7 Å². The van der Waals surface area contributed by atoms with Crippen molar-refractivity contribution in [2.24, 2.45) is 0 Å². The number of amides is 1. The fraction of sp³-hybridized carbons (Fsp3) is 0.381. The van der Waals surface area contributed by atoms with Crippen LogP contribution in [0.2, 0.25) is 0 Å². The summed E-state index contributed by atoms with van der Waals surface area (Å²) in [6.45, 7) is 3.86. The molecule has 1 aromatic carbocycles. The Labute approximate surface area is 169 Å². The van der Waals surface area contributed by atoms with E-state index in [1.54, 1.807) is 43.8 Å². The highest BCUT2D eigenvalue weighted by atomic mass is 16.5. The van der Waals surface area contributed by atoms with Gasteiger partial charge in [0, 0.05) is 37.0 Å². The van der Waals surface area contributed by atoms with E-state index in [9.17, 15) is 4.79 Å². The van der Waals surface area contributed by atoms with Crippen molar-refractivity contribution in [3.05, 3.63) is 60.2 Å². The fourth-order valence-corrected chi connectivity index (χ4v) is 3.81. The molecule has 1 amide bonds. The Morgan fingerprint density at radius 3 is 2.93 bits per heavy atom. The van der Waals surface area contributed by atoms with Crippen molar-refractivity contribution in [3.63, 3.8) is 0 Å². The quantitative estimate of drug-likeness (QED) is 0.643. The van der Waals surface area contributed by atoms with Gasteiger partial charge in [0.2, 0.25) is 0 Å². The molecule has 4 rings (SSSR count). The fourth-order valence-electron chi connectivity index (χ4n) is 3.81. The number of ether oxygens (including phenoxy) is 1. The van der Waals surface area contributed by atoms with Crippen LogP contribution in [0.5, 0.6) is 5.75 Å². The first-order chi connectivity index (χ1) is 14.2. The van der Waals surface area contributed by atoms with Crippen LogP contribution in [0.3, 0.4) is 0 Å². The van der Waals surface area contributed by atoms with Gasteiger partial charge < -0.3 is 15.0 Å². The maximum Gasteiger partial charge on any atom is 0.255 e. The summed E-state index contributed by atoms with van der Waals surface area (Å²) >= 11 is 0. The third kappa shape index (κ3) is 4.65. The lowest BCUT2D eigenvalue weighted by Gasteiger charge is -2.32. The molecule has 8 nitrogen and oxygen atoms in total. The van der Waals surface area contributed by atoms with Crippen LogP contribution in [-0.4, -0.2) is 57.5 Å². The van der Waals surface area contributed by atoms with Gasteiger partial charge in [-0.15, -0.1) is 0 Å². The number of likely N-dealkylation sites (tertiary alicyclic amines) is 1. The lowest BCUT2D eigenvalue weighted by Crippen LogP contribution is -2.37. The molecule has 3 heterocycles. The summed E-state index contributed by atoms with van der Waals surface area (Å²) in [6.07, 6.45) is 7.69. The van der Waals surface area contributed by atoms with E-state index >= 15 is 0 Å². The Balaban J connectivity index is 1.39. The molecular formula is C21H26N6O2. The average molecular weight is 394 g/mol. The number of carbonyl (C=O) groups excluding carboxylic acids is 1. The zero-order chi connectivity index (χ0) is 20.1. The number of nitrogens with one attached hydrogen (secondary N) is 2. The second-order valence-electron chi connectivity index (χ2n) is 7.29. The van der Waals surface area contributed by atoms with E-state index in [0.717, 1.165) is 56.2 Å². The van der Waals surface area contributed by atoms with Crippen LogP contribution >= 0.6 is 0 Å². The minimum absolute atomic E-state index is 0.151. The van der Waals surface area contributed by atoms with E-state index in [0.29, 0.717) is 11.5 Å². The number of piperidine rings is 1. The number of aromatic nitrogens is 4. The number of hydrogen-bond acceptors (Lipinski definition) is 5. The summed E-state index contributed by atoms with van der Waals surface area (Å²) < 4.78 is 7.11.